The van der Waals surface area contributed by atoms with Gasteiger partial charge < -0.3 is 15.2 Å². The molecular weight excluding hydrogens is 258 g/mol. The second-order valence-electron chi connectivity index (χ2n) is 5.41. The van der Waals surface area contributed by atoms with Gasteiger partial charge >= 0.3 is 5.97 Å². The van der Waals surface area contributed by atoms with Crippen molar-refractivity contribution in [3.8, 4) is 0 Å². The Morgan fingerprint density at radius 1 is 1.25 bits per heavy atom. The number of carbonyl (C=O) groups is 2. The Morgan fingerprint density at radius 3 is 2.50 bits per heavy atom. The number of rotatable bonds is 8. The normalized spacial score (nSPS) is 21.9. The Balaban J connectivity index is 2.24. The average Bonchev–Trinajstić information content (AvgIpc) is 2.42. The number of carboxylic acids is 1. The average molecular weight is 283 g/mol. The molecule has 2 N–H and O–H groups in total. The molecule has 0 saturated carbocycles. The minimum atomic E-state index is -0.889. The summed E-state index contributed by atoms with van der Waals surface area (Å²) in [4.78, 5) is 23.1. The summed E-state index contributed by atoms with van der Waals surface area (Å²) in [6, 6.07) is 0. The second-order valence-corrected chi connectivity index (χ2v) is 5.41. The molecule has 0 aromatic rings. The molecule has 1 aliphatic rings. The minimum Gasteiger partial charge on any atom is -0.481 e. The number of amides is 1. The largest absolute Gasteiger partial charge is 0.481 e. The first-order valence-corrected chi connectivity index (χ1v) is 7.29. The molecule has 1 amide bonds. The topological polar surface area (TPSA) is 75.6 Å². The first-order valence-electron chi connectivity index (χ1n) is 7.29. The van der Waals surface area contributed by atoms with Crippen molar-refractivity contribution in [2.75, 3.05) is 13.2 Å². The van der Waals surface area contributed by atoms with E-state index < -0.39 is 17.8 Å². The smallest absolute Gasteiger partial charge is 0.307 e. The predicted octanol–water partition coefficient (Wildman–Crippen LogP) is 1.97. The van der Waals surface area contributed by atoms with Crippen LogP contribution in [0, 0.1) is 11.8 Å². The molecule has 0 fully saturated rings. The Kier molecular flexibility index (Phi) is 7.30. The van der Waals surface area contributed by atoms with Crippen molar-refractivity contribution in [2.45, 2.75) is 45.6 Å². The van der Waals surface area contributed by atoms with Gasteiger partial charge in [0, 0.05) is 13.2 Å². The van der Waals surface area contributed by atoms with Crippen molar-refractivity contribution in [3.63, 3.8) is 0 Å². The third-order valence-electron chi connectivity index (χ3n) is 3.41. The number of carbonyl (C=O) groups excluding carboxylic acids is 1. The molecule has 5 heteroatoms. The van der Waals surface area contributed by atoms with E-state index >= 15 is 0 Å². The lowest BCUT2D eigenvalue weighted by molar-refractivity contribution is -0.147. The number of nitrogens with one attached hydrogen (secondary N) is 1. The van der Waals surface area contributed by atoms with Crippen LogP contribution in [0.25, 0.3) is 0 Å². The van der Waals surface area contributed by atoms with Crippen LogP contribution in [-0.2, 0) is 14.3 Å². The van der Waals surface area contributed by atoms with Crippen LogP contribution >= 0.6 is 0 Å². The van der Waals surface area contributed by atoms with Crippen LogP contribution in [-0.4, -0.2) is 36.2 Å². The maximum atomic E-state index is 12.0. The molecule has 0 radical (unpaired) electrons. The zero-order valence-corrected chi connectivity index (χ0v) is 12.3. The molecule has 114 valence electrons. The van der Waals surface area contributed by atoms with Gasteiger partial charge in [0.25, 0.3) is 0 Å². The van der Waals surface area contributed by atoms with E-state index in [1.54, 1.807) is 0 Å². The fraction of sp³-hybridized carbons (Fsp3) is 0.733. The molecule has 1 aliphatic carbocycles. The lowest BCUT2D eigenvalue weighted by Gasteiger charge is -2.24. The number of ether oxygens (including phenoxy) is 1. The van der Waals surface area contributed by atoms with Crippen molar-refractivity contribution in [1.82, 2.24) is 5.32 Å². The highest BCUT2D eigenvalue weighted by atomic mass is 16.5. The van der Waals surface area contributed by atoms with E-state index in [1.807, 2.05) is 26.0 Å². The van der Waals surface area contributed by atoms with Gasteiger partial charge in [-0.2, -0.15) is 0 Å². The van der Waals surface area contributed by atoms with Crippen molar-refractivity contribution < 1.29 is 19.4 Å². The summed E-state index contributed by atoms with van der Waals surface area (Å²) in [6.45, 7) is 5.25. The number of hydrogen-bond acceptors (Lipinski definition) is 3. The molecular formula is C15H25NO4. The summed E-state index contributed by atoms with van der Waals surface area (Å²) in [5.41, 5.74) is 0. The number of allylic oxidation sites excluding steroid dienone is 2. The third-order valence-corrected chi connectivity index (χ3v) is 3.41. The molecule has 0 bridgehead atoms. The van der Waals surface area contributed by atoms with E-state index in [9.17, 15) is 9.59 Å². The summed E-state index contributed by atoms with van der Waals surface area (Å²) in [7, 11) is 0. The van der Waals surface area contributed by atoms with Crippen LogP contribution in [0.3, 0.4) is 0 Å². The highest BCUT2D eigenvalue weighted by molar-refractivity contribution is 5.85. The van der Waals surface area contributed by atoms with E-state index in [0.29, 0.717) is 26.0 Å². The van der Waals surface area contributed by atoms with E-state index in [-0.39, 0.29) is 12.0 Å². The Morgan fingerprint density at radius 2 is 1.90 bits per heavy atom. The number of unbranched alkanes of at least 4 members (excludes halogenated alkanes) is 1. The first kappa shape index (κ1) is 16.7. The van der Waals surface area contributed by atoms with Crippen LogP contribution in [0.1, 0.15) is 39.5 Å². The summed E-state index contributed by atoms with van der Waals surface area (Å²) in [5.74, 6) is -2.07. The van der Waals surface area contributed by atoms with Gasteiger partial charge in [-0.15, -0.1) is 0 Å². The quantitative estimate of drug-likeness (QED) is 0.527. The van der Waals surface area contributed by atoms with Crippen molar-refractivity contribution >= 4 is 11.9 Å². The van der Waals surface area contributed by atoms with Crippen LogP contribution in [0.2, 0.25) is 0 Å². The number of aliphatic carboxylic acids is 1. The molecule has 2 atom stereocenters. The summed E-state index contributed by atoms with van der Waals surface area (Å²) >= 11 is 0. The summed E-state index contributed by atoms with van der Waals surface area (Å²) < 4.78 is 5.41. The van der Waals surface area contributed by atoms with Crippen molar-refractivity contribution in [2.24, 2.45) is 11.8 Å². The molecule has 0 spiro atoms. The molecule has 5 nitrogen and oxygen atoms in total. The lowest BCUT2D eigenvalue weighted by Crippen LogP contribution is -2.39. The van der Waals surface area contributed by atoms with Gasteiger partial charge in [0.1, 0.15) is 0 Å². The van der Waals surface area contributed by atoms with Gasteiger partial charge in [0.2, 0.25) is 5.91 Å². The summed E-state index contributed by atoms with van der Waals surface area (Å²) in [6.07, 6.45) is 6.65. The van der Waals surface area contributed by atoms with Gasteiger partial charge in [-0.05, 0) is 39.5 Å². The van der Waals surface area contributed by atoms with Crippen LogP contribution in [0.4, 0.5) is 0 Å². The molecule has 0 heterocycles. The Hall–Kier alpha value is -1.36. The van der Waals surface area contributed by atoms with Crippen molar-refractivity contribution in [1.29, 1.82) is 0 Å². The number of hydrogen-bond donors (Lipinski definition) is 2. The molecule has 0 aromatic carbocycles. The second kappa shape index (κ2) is 8.74. The van der Waals surface area contributed by atoms with E-state index in [2.05, 4.69) is 5.32 Å². The molecule has 0 aliphatic heterocycles. The standard InChI is InChI=1S/C15H25NO4/c1-11(2)20-10-6-5-9-16-14(17)12-7-3-4-8-13(12)15(18)19/h3-4,11-13H,5-10H2,1-2H3,(H,16,17)(H,18,19)/t12-,13+/m1/s1. The van der Waals surface area contributed by atoms with Gasteiger partial charge in [0.15, 0.2) is 0 Å². The maximum absolute atomic E-state index is 12.0. The monoisotopic (exact) mass is 283 g/mol. The van der Waals surface area contributed by atoms with Gasteiger partial charge in [0.05, 0.1) is 17.9 Å². The zero-order valence-electron chi connectivity index (χ0n) is 12.3. The van der Waals surface area contributed by atoms with E-state index in [4.69, 9.17) is 9.84 Å². The molecule has 0 saturated heterocycles. The van der Waals surface area contributed by atoms with Crippen LogP contribution in [0.5, 0.6) is 0 Å². The first-order chi connectivity index (χ1) is 9.52. The van der Waals surface area contributed by atoms with Crippen molar-refractivity contribution in [3.05, 3.63) is 12.2 Å². The number of carboxylic acid groups (broad SMARTS) is 1. The van der Waals surface area contributed by atoms with E-state index in [0.717, 1.165) is 12.8 Å². The highest BCUT2D eigenvalue weighted by Gasteiger charge is 2.33. The predicted molar refractivity (Wildman–Crippen MR) is 76.3 cm³/mol. The maximum Gasteiger partial charge on any atom is 0.307 e. The third kappa shape index (κ3) is 5.74. The van der Waals surface area contributed by atoms with Gasteiger partial charge in [-0.3, -0.25) is 9.59 Å². The summed E-state index contributed by atoms with van der Waals surface area (Å²) in [5, 5.41) is 12.0. The Bertz CT molecular complexity index is 352. The molecule has 0 aromatic heterocycles. The molecule has 0 unspecified atom stereocenters. The Labute approximate surface area is 120 Å². The SMILES string of the molecule is CC(C)OCCCCNC(=O)[C@@H]1CC=CC[C@@H]1C(=O)O. The van der Waals surface area contributed by atoms with E-state index in [1.165, 1.54) is 0 Å². The lowest BCUT2D eigenvalue weighted by atomic mass is 9.82. The minimum absolute atomic E-state index is 0.147. The fourth-order valence-electron chi connectivity index (χ4n) is 2.27. The molecule has 20 heavy (non-hydrogen) atoms. The van der Waals surface area contributed by atoms with Gasteiger partial charge in [-0.1, -0.05) is 12.2 Å². The highest BCUT2D eigenvalue weighted by Crippen LogP contribution is 2.25. The zero-order chi connectivity index (χ0) is 15.0. The molecule has 1 rings (SSSR count). The van der Waals surface area contributed by atoms with Crippen LogP contribution in [0.15, 0.2) is 12.2 Å². The fourth-order valence-corrected chi connectivity index (χ4v) is 2.27. The van der Waals surface area contributed by atoms with Gasteiger partial charge in [-0.25, -0.2) is 0 Å². The van der Waals surface area contributed by atoms with Crippen LogP contribution < -0.4 is 5.32 Å².